The van der Waals surface area contributed by atoms with Gasteiger partial charge in [-0.1, -0.05) is 19.9 Å². The summed E-state index contributed by atoms with van der Waals surface area (Å²) in [5, 5.41) is 6.72. The Hall–Kier alpha value is -1.99. The third-order valence-corrected chi connectivity index (χ3v) is 5.48. The van der Waals surface area contributed by atoms with E-state index in [9.17, 15) is 0 Å². The average Bonchev–Trinajstić information content (AvgIpc) is 3.20. The van der Waals surface area contributed by atoms with Gasteiger partial charge in [-0.15, -0.1) is 0 Å². The van der Waals surface area contributed by atoms with Crippen molar-refractivity contribution in [1.29, 1.82) is 0 Å². The third-order valence-electron chi connectivity index (χ3n) is 5.48. The molecule has 2 rings (SSSR count). The predicted molar refractivity (Wildman–Crippen MR) is 123 cm³/mol. The van der Waals surface area contributed by atoms with Crippen LogP contribution in [0.2, 0.25) is 0 Å². The van der Waals surface area contributed by atoms with Crippen LogP contribution in [0.3, 0.4) is 0 Å². The molecule has 170 valence electrons. The first-order valence-electron chi connectivity index (χ1n) is 11.2. The molecule has 1 aliphatic rings. The zero-order chi connectivity index (χ0) is 21.8. The van der Waals surface area contributed by atoms with Gasteiger partial charge in [0.15, 0.2) is 17.5 Å². The Labute approximate surface area is 182 Å². The summed E-state index contributed by atoms with van der Waals surface area (Å²) in [4.78, 5) is 7.06. The molecule has 7 nitrogen and oxygen atoms in total. The van der Waals surface area contributed by atoms with Crippen LogP contribution in [0.1, 0.15) is 46.1 Å². The lowest BCUT2D eigenvalue weighted by Crippen LogP contribution is -2.45. The molecule has 1 heterocycles. The van der Waals surface area contributed by atoms with Crippen molar-refractivity contribution in [3.63, 3.8) is 0 Å². The van der Waals surface area contributed by atoms with Crippen molar-refractivity contribution in [2.24, 2.45) is 4.99 Å². The first-order chi connectivity index (χ1) is 14.5. The van der Waals surface area contributed by atoms with Crippen LogP contribution in [0.5, 0.6) is 11.5 Å². The molecule has 1 atom stereocenters. The fourth-order valence-corrected chi connectivity index (χ4v) is 3.51. The molecule has 2 N–H and O–H groups in total. The molecule has 1 aromatic carbocycles. The van der Waals surface area contributed by atoms with E-state index in [1.54, 1.807) is 7.11 Å². The molecule has 0 aliphatic carbocycles. The Morgan fingerprint density at radius 1 is 1.20 bits per heavy atom. The van der Waals surface area contributed by atoms with E-state index >= 15 is 0 Å². The molecule has 7 heteroatoms. The molecule has 1 aromatic rings. The van der Waals surface area contributed by atoms with Crippen molar-refractivity contribution in [1.82, 2.24) is 15.5 Å². The number of likely N-dealkylation sites (N-methyl/N-ethyl adjacent to an activating group) is 1. The molecule has 0 bridgehead atoms. The van der Waals surface area contributed by atoms with E-state index in [0.717, 1.165) is 75.2 Å². The summed E-state index contributed by atoms with van der Waals surface area (Å²) >= 11 is 0. The van der Waals surface area contributed by atoms with Crippen LogP contribution < -0.4 is 20.1 Å². The van der Waals surface area contributed by atoms with Gasteiger partial charge in [0.25, 0.3) is 0 Å². The van der Waals surface area contributed by atoms with Gasteiger partial charge in [0.1, 0.15) is 6.61 Å². The second-order valence-electron chi connectivity index (χ2n) is 7.81. The van der Waals surface area contributed by atoms with Gasteiger partial charge in [-0.05, 0) is 57.5 Å². The smallest absolute Gasteiger partial charge is 0.191 e. The van der Waals surface area contributed by atoms with E-state index in [1.807, 2.05) is 18.2 Å². The highest BCUT2D eigenvalue weighted by atomic mass is 16.5. The summed E-state index contributed by atoms with van der Waals surface area (Å²) in [6.07, 6.45) is 2.20. The highest BCUT2D eigenvalue weighted by molar-refractivity contribution is 5.79. The van der Waals surface area contributed by atoms with Gasteiger partial charge in [0.2, 0.25) is 0 Å². The molecular weight excluding hydrogens is 380 g/mol. The molecule has 1 aliphatic heterocycles. The number of nitrogens with one attached hydrogen (secondary N) is 2. The van der Waals surface area contributed by atoms with E-state index in [-0.39, 0.29) is 5.60 Å². The molecular formula is C23H40N4O3. The van der Waals surface area contributed by atoms with Gasteiger partial charge in [0, 0.05) is 26.2 Å². The maximum atomic E-state index is 5.95. The first kappa shape index (κ1) is 24.3. The highest BCUT2D eigenvalue weighted by Crippen LogP contribution is 2.28. The number of benzene rings is 1. The summed E-state index contributed by atoms with van der Waals surface area (Å²) in [5.74, 6) is 2.31. The Morgan fingerprint density at radius 2 is 2.00 bits per heavy atom. The minimum absolute atomic E-state index is 0.108. The summed E-state index contributed by atoms with van der Waals surface area (Å²) < 4.78 is 17.3. The number of hydrogen-bond donors (Lipinski definition) is 2. The predicted octanol–water partition coefficient (Wildman–Crippen LogP) is 3.04. The minimum Gasteiger partial charge on any atom is -0.493 e. The van der Waals surface area contributed by atoms with Crippen LogP contribution >= 0.6 is 0 Å². The van der Waals surface area contributed by atoms with Crippen LogP contribution in [0.25, 0.3) is 0 Å². The van der Waals surface area contributed by atoms with Crippen LogP contribution in [-0.4, -0.2) is 69.5 Å². The lowest BCUT2D eigenvalue weighted by atomic mass is 10.0. The molecule has 0 aromatic heterocycles. The zero-order valence-corrected chi connectivity index (χ0v) is 19.4. The molecule has 0 saturated carbocycles. The minimum atomic E-state index is -0.108. The number of hydrogen-bond acceptors (Lipinski definition) is 5. The van der Waals surface area contributed by atoms with Crippen molar-refractivity contribution in [2.75, 3.05) is 53.0 Å². The van der Waals surface area contributed by atoms with E-state index in [2.05, 4.69) is 43.2 Å². The molecule has 1 fully saturated rings. The third kappa shape index (κ3) is 7.69. The average molecular weight is 421 g/mol. The second kappa shape index (κ2) is 12.6. The Kier molecular flexibility index (Phi) is 10.2. The maximum absolute atomic E-state index is 5.95. The summed E-state index contributed by atoms with van der Waals surface area (Å²) in [5.41, 5.74) is 0.965. The van der Waals surface area contributed by atoms with Gasteiger partial charge in [-0.3, -0.25) is 0 Å². The molecule has 0 radical (unpaired) electrons. The molecule has 0 amide bonds. The molecule has 1 saturated heterocycles. The van der Waals surface area contributed by atoms with Gasteiger partial charge in [0.05, 0.1) is 19.3 Å². The van der Waals surface area contributed by atoms with Gasteiger partial charge in [-0.2, -0.15) is 0 Å². The number of methoxy groups -OCH3 is 1. The summed E-state index contributed by atoms with van der Waals surface area (Å²) in [6, 6.07) is 6.02. The number of aliphatic imine (C=N–C) groups is 1. The number of ether oxygens (including phenoxy) is 3. The Bertz CT molecular complexity index is 656. The van der Waals surface area contributed by atoms with Crippen molar-refractivity contribution in [3.8, 4) is 11.5 Å². The van der Waals surface area contributed by atoms with Crippen LogP contribution in [0.4, 0.5) is 0 Å². The summed E-state index contributed by atoms with van der Waals surface area (Å²) in [7, 11) is 1.67. The van der Waals surface area contributed by atoms with Crippen molar-refractivity contribution >= 4 is 5.96 Å². The van der Waals surface area contributed by atoms with Crippen molar-refractivity contribution < 1.29 is 14.2 Å². The normalized spacial score (nSPS) is 19.2. The topological polar surface area (TPSA) is 67.4 Å². The fourth-order valence-electron chi connectivity index (χ4n) is 3.51. The molecule has 1 unspecified atom stereocenters. The number of nitrogens with zero attached hydrogens (tertiary/aromatic N) is 2. The lowest BCUT2D eigenvalue weighted by molar-refractivity contribution is 0.0243. The Morgan fingerprint density at radius 3 is 2.63 bits per heavy atom. The Balaban J connectivity index is 1.94. The largest absolute Gasteiger partial charge is 0.493 e. The van der Waals surface area contributed by atoms with Gasteiger partial charge >= 0.3 is 0 Å². The van der Waals surface area contributed by atoms with Crippen molar-refractivity contribution in [3.05, 3.63) is 23.8 Å². The van der Waals surface area contributed by atoms with Crippen LogP contribution in [0, 0.1) is 0 Å². The van der Waals surface area contributed by atoms with E-state index in [1.165, 1.54) is 0 Å². The fraction of sp³-hybridized carbons (Fsp3) is 0.696. The van der Waals surface area contributed by atoms with Crippen molar-refractivity contribution in [2.45, 2.75) is 52.7 Å². The molecule has 30 heavy (non-hydrogen) atoms. The van der Waals surface area contributed by atoms with E-state index in [4.69, 9.17) is 19.2 Å². The maximum Gasteiger partial charge on any atom is 0.191 e. The molecule has 0 spiro atoms. The second-order valence-corrected chi connectivity index (χ2v) is 7.81. The lowest BCUT2D eigenvalue weighted by Gasteiger charge is -2.24. The highest BCUT2D eigenvalue weighted by Gasteiger charge is 2.29. The standard InChI is InChI=1S/C23H40N4O3/c1-6-24-22(26-18-23(4)12-9-14-30-23)25-17-19-10-11-20(21(16-19)28-5)29-15-13-27(7-2)8-3/h10-11,16H,6-9,12-15,17-18H2,1-5H3,(H2,24,25,26). The van der Waals surface area contributed by atoms with E-state index < -0.39 is 0 Å². The van der Waals surface area contributed by atoms with E-state index in [0.29, 0.717) is 13.2 Å². The van der Waals surface area contributed by atoms with Gasteiger partial charge < -0.3 is 29.7 Å². The zero-order valence-electron chi connectivity index (χ0n) is 19.4. The number of rotatable bonds is 12. The van der Waals surface area contributed by atoms with Crippen LogP contribution in [-0.2, 0) is 11.3 Å². The SMILES string of the molecule is CCNC(=NCc1ccc(OCCN(CC)CC)c(OC)c1)NCC1(C)CCCO1. The van der Waals surface area contributed by atoms with Gasteiger partial charge in [-0.25, -0.2) is 4.99 Å². The monoisotopic (exact) mass is 420 g/mol. The first-order valence-corrected chi connectivity index (χ1v) is 11.2. The quantitative estimate of drug-likeness (QED) is 0.400. The van der Waals surface area contributed by atoms with Crippen LogP contribution in [0.15, 0.2) is 23.2 Å². The summed E-state index contributed by atoms with van der Waals surface area (Å²) in [6.45, 7) is 15.1. The number of guanidine groups is 1.